The lowest BCUT2D eigenvalue weighted by Gasteiger charge is -2.12. The maximum Gasteiger partial charge on any atom is 0.293 e. The zero-order valence-electron chi connectivity index (χ0n) is 14.1. The van der Waals surface area contributed by atoms with Gasteiger partial charge in [0.2, 0.25) is 0 Å². The highest BCUT2D eigenvalue weighted by molar-refractivity contribution is 14.1. The molecule has 1 saturated heterocycles. The van der Waals surface area contributed by atoms with Crippen molar-refractivity contribution < 1.29 is 19.1 Å². The zero-order valence-corrected chi connectivity index (χ0v) is 17.0. The molecule has 1 aliphatic rings. The van der Waals surface area contributed by atoms with Crippen LogP contribution in [0.4, 0.5) is 4.79 Å². The summed E-state index contributed by atoms with van der Waals surface area (Å²) < 4.78 is 6.45. The van der Waals surface area contributed by atoms with Crippen molar-refractivity contribution in [1.29, 1.82) is 0 Å². The lowest BCUT2D eigenvalue weighted by Crippen LogP contribution is -2.27. The number of carbonyl (C=O) groups is 3. The SMILES string of the molecule is NC(=O)COc1ccccc1/C=C1/SC(=O)N(Cc2ccc(I)cc2)C1=O. The van der Waals surface area contributed by atoms with Crippen LogP contribution in [0.2, 0.25) is 0 Å². The number of imide groups is 1. The van der Waals surface area contributed by atoms with Gasteiger partial charge < -0.3 is 10.5 Å². The number of primary amides is 1. The number of para-hydroxylation sites is 1. The minimum atomic E-state index is -0.595. The van der Waals surface area contributed by atoms with Gasteiger partial charge in [-0.05, 0) is 64.2 Å². The predicted octanol–water partition coefficient (Wildman–Crippen LogP) is 3.39. The normalized spacial score (nSPS) is 15.4. The summed E-state index contributed by atoms with van der Waals surface area (Å²) in [7, 11) is 0. The number of thioether (sulfide) groups is 1. The number of halogens is 1. The Kier molecular flexibility index (Phi) is 6.17. The third-order valence-electron chi connectivity index (χ3n) is 3.70. The Balaban J connectivity index is 1.80. The Morgan fingerprint density at radius 1 is 1.15 bits per heavy atom. The van der Waals surface area contributed by atoms with Crippen LogP contribution in [0, 0.1) is 3.57 Å². The van der Waals surface area contributed by atoms with Gasteiger partial charge in [0, 0.05) is 9.13 Å². The summed E-state index contributed by atoms with van der Waals surface area (Å²) in [4.78, 5) is 37.4. The number of hydrogen-bond donors (Lipinski definition) is 1. The molecular formula is C19H15IN2O4S. The number of amides is 3. The first-order valence-corrected chi connectivity index (χ1v) is 9.83. The van der Waals surface area contributed by atoms with E-state index in [2.05, 4.69) is 22.6 Å². The molecule has 138 valence electrons. The van der Waals surface area contributed by atoms with Gasteiger partial charge in [0.15, 0.2) is 6.61 Å². The molecule has 0 saturated carbocycles. The standard InChI is InChI=1S/C19H15IN2O4S/c20-14-7-5-12(6-8-14)10-22-18(24)16(27-19(22)25)9-13-3-1-2-4-15(13)26-11-17(21)23/h1-9H,10-11H2,(H2,21,23)/b16-9+. The number of hydrogen-bond acceptors (Lipinski definition) is 5. The zero-order chi connectivity index (χ0) is 19.4. The van der Waals surface area contributed by atoms with Gasteiger partial charge in [-0.1, -0.05) is 30.3 Å². The molecule has 0 bridgehead atoms. The van der Waals surface area contributed by atoms with E-state index in [0.29, 0.717) is 16.2 Å². The Labute approximate surface area is 173 Å². The summed E-state index contributed by atoms with van der Waals surface area (Å²) in [6, 6.07) is 14.6. The van der Waals surface area contributed by atoms with Crippen LogP contribution in [-0.4, -0.2) is 28.6 Å². The molecule has 0 aromatic heterocycles. The van der Waals surface area contributed by atoms with Crippen LogP contribution in [0.15, 0.2) is 53.4 Å². The van der Waals surface area contributed by atoms with Gasteiger partial charge >= 0.3 is 0 Å². The van der Waals surface area contributed by atoms with E-state index in [1.54, 1.807) is 30.3 Å². The summed E-state index contributed by atoms with van der Waals surface area (Å²) in [5.74, 6) is -0.531. The van der Waals surface area contributed by atoms with Crippen LogP contribution in [0.3, 0.4) is 0 Å². The van der Waals surface area contributed by atoms with E-state index in [9.17, 15) is 14.4 Å². The Morgan fingerprint density at radius 3 is 2.56 bits per heavy atom. The van der Waals surface area contributed by atoms with Gasteiger partial charge in [-0.2, -0.15) is 0 Å². The number of ether oxygens (including phenoxy) is 1. The van der Waals surface area contributed by atoms with Crippen molar-refractivity contribution >= 4 is 57.5 Å². The van der Waals surface area contributed by atoms with Crippen LogP contribution in [-0.2, 0) is 16.1 Å². The van der Waals surface area contributed by atoms with Crippen LogP contribution < -0.4 is 10.5 Å². The highest BCUT2D eigenvalue weighted by atomic mass is 127. The smallest absolute Gasteiger partial charge is 0.293 e. The lowest BCUT2D eigenvalue weighted by molar-refractivity contribution is -0.123. The van der Waals surface area contributed by atoms with Gasteiger partial charge in [-0.25, -0.2) is 0 Å². The molecule has 3 amide bonds. The maximum atomic E-state index is 12.7. The lowest BCUT2D eigenvalue weighted by atomic mass is 10.1. The molecule has 6 nitrogen and oxygen atoms in total. The molecule has 0 aliphatic carbocycles. The van der Waals surface area contributed by atoms with E-state index >= 15 is 0 Å². The Morgan fingerprint density at radius 2 is 1.85 bits per heavy atom. The number of rotatable bonds is 6. The van der Waals surface area contributed by atoms with Crippen LogP contribution >= 0.6 is 34.4 Å². The fourth-order valence-electron chi connectivity index (χ4n) is 2.43. The highest BCUT2D eigenvalue weighted by Gasteiger charge is 2.35. The number of carbonyl (C=O) groups excluding carboxylic acids is 3. The van der Waals surface area contributed by atoms with Crippen molar-refractivity contribution in [3.63, 3.8) is 0 Å². The van der Waals surface area contributed by atoms with E-state index in [-0.39, 0.29) is 24.3 Å². The summed E-state index contributed by atoms with van der Waals surface area (Å²) in [5, 5.41) is -0.319. The first kappa shape index (κ1) is 19.4. The second-order valence-corrected chi connectivity index (χ2v) is 7.93. The Bertz CT molecular complexity index is 928. The quantitative estimate of drug-likeness (QED) is 0.492. The number of benzene rings is 2. The van der Waals surface area contributed by atoms with Gasteiger partial charge in [0.25, 0.3) is 17.1 Å². The van der Waals surface area contributed by atoms with Crippen molar-refractivity contribution in [2.45, 2.75) is 6.54 Å². The first-order chi connectivity index (χ1) is 12.9. The summed E-state index contributed by atoms with van der Waals surface area (Å²) in [6.07, 6.45) is 1.59. The maximum absolute atomic E-state index is 12.7. The molecule has 0 spiro atoms. The average molecular weight is 494 g/mol. The molecule has 1 heterocycles. The molecule has 2 aromatic rings. The van der Waals surface area contributed by atoms with Crippen LogP contribution in [0.1, 0.15) is 11.1 Å². The summed E-state index contributed by atoms with van der Waals surface area (Å²) in [6.45, 7) is -0.0438. The fraction of sp³-hybridized carbons (Fsp3) is 0.105. The largest absolute Gasteiger partial charge is 0.483 e. The van der Waals surface area contributed by atoms with Crippen molar-refractivity contribution in [3.05, 3.63) is 68.1 Å². The second kappa shape index (κ2) is 8.57. The molecule has 1 fully saturated rings. The van der Waals surface area contributed by atoms with Crippen molar-refractivity contribution in [2.75, 3.05) is 6.61 Å². The summed E-state index contributed by atoms with van der Waals surface area (Å²) >= 11 is 3.08. The molecule has 3 rings (SSSR count). The fourth-order valence-corrected chi connectivity index (χ4v) is 3.62. The molecule has 1 aliphatic heterocycles. The first-order valence-electron chi connectivity index (χ1n) is 7.94. The molecule has 2 aromatic carbocycles. The Hall–Kier alpha value is -2.33. The predicted molar refractivity (Wildman–Crippen MR) is 112 cm³/mol. The molecule has 27 heavy (non-hydrogen) atoms. The van der Waals surface area contributed by atoms with Crippen LogP contribution in [0.25, 0.3) is 6.08 Å². The molecule has 8 heteroatoms. The average Bonchev–Trinajstić information content (AvgIpc) is 2.90. The molecule has 0 unspecified atom stereocenters. The van der Waals surface area contributed by atoms with E-state index in [4.69, 9.17) is 10.5 Å². The van der Waals surface area contributed by atoms with Gasteiger partial charge in [-0.3, -0.25) is 19.3 Å². The topological polar surface area (TPSA) is 89.7 Å². The van der Waals surface area contributed by atoms with E-state index in [1.807, 2.05) is 24.3 Å². The van der Waals surface area contributed by atoms with Gasteiger partial charge in [0.1, 0.15) is 5.75 Å². The van der Waals surface area contributed by atoms with Crippen molar-refractivity contribution in [2.24, 2.45) is 5.73 Å². The van der Waals surface area contributed by atoms with Crippen molar-refractivity contribution in [1.82, 2.24) is 4.90 Å². The summed E-state index contributed by atoms with van der Waals surface area (Å²) in [5.41, 5.74) is 6.58. The minimum absolute atomic E-state index is 0.221. The highest BCUT2D eigenvalue weighted by Crippen LogP contribution is 2.34. The van der Waals surface area contributed by atoms with Gasteiger partial charge in [0.05, 0.1) is 11.4 Å². The van der Waals surface area contributed by atoms with E-state index < -0.39 is 5.91 Å². The molecule has 2 N–H and O–H groups in total. The van der Waals surface area contributed by atoms with E-state index in [0.717, 1.165) is 20.9 Å². The third kappa shape index (κ3) is 4.89. The van der Waals surface area contributed by atoms with Gasteiger partial charge in [-0.15, -0.1) is 0 Å². The molecular weight excluding hydrogens is 479 g/mol. The molecule has 0 radical (unpaired) electrons. The minimum Gasteiger partial charge on any atom is -0.483 e. The number of nitrogens with zero attached hydrogens (tertiary/aromatic N) is 1. The molecule has 0 atom stereocenters. The van der Waals surface area contributed by atoms with E-state index in [1.165, 1.54) is 4.90 Å². The monoisotopic (exact) mass is 494 g/mol. The third-order valence-corrected chi connectivity index (χ3v) is 5.33. The van der Waals surface area contributed by atoms with Crippen molar-refractivity contribution in [3.8, 4) is 5.75 Å². The number of nitrogens with two attached hydrogens (primary N) is 1. The second-order valence-electron chi connectivity index (χ2n) is 5.69. The van der Waals surface area contributed by atoms with Crippen LogP contribution in [0.5, 0.6) is 5.75 Å².